The molecule has 0 aliphatic carbocycles. The van der Waals surface area contributed by atoms with Gasteiger partial charge in [-0.05, 0) is 44.0 Å². The Hall–Kier alpha value is -2.41. The molecular weight excluding hydrogens is 328 g/mol. The number of carbonyl (C=O) groups is 1. The summed E-state index contributed by atoms with van der Waals surface area (Å²) in [5, 5.41) is 18.0. The van der Waals surface area contributed by atoms with Crippen LogP contribution in [0.25, 0.3) is 0 Å². The third kappa shape index (κ3) is 3.37. The average Bonchev–Trinajstić information content (AvgIpc) is 2.98. The highest BCUT2D eigenvalue weighted by atomic mass is 19.1. The molecule has 0 saturated carbocycles. The van der Waals surface area contributed by atoms with Crippen molar-refractivity contribution in [1.82, 2.24) is 15.1 Å². The molecule has 0 bridgehead atoms. The molecule has 132 valence electrons. The SMILES string of the molecule is CCc1nnc(C)cc1C(=O)N1C[C@@H](O)C[C@@H]1c1cc(F)ccc1F. The summed E-state index contributed by atoms with van der Waals surface area (Å²) in [7, 11) is 0. The molecule has 1 saturated heterocycles. The van der Waals surface area contributed by atoms with Gasteiger partial charge in [-0.15, -0.1) is 0 Å². The molecule has 2 heterocycles. The third-order valence-corrected chi connectivity index (χ3v) is 4.41. The minimum Gasteiger partial charge on any atom is -0.391 e. The van der Waals surface area contributed by atoms with Gasteiger partial charge in [-0.2, -0.15) is 10.2 Å². The van der Waals surface area contributed by atoms with Gasteiger partial charge in [0.25, 0.3) is 5.91 Å². The number of hydrogen-bond donors (Lipinski definition) is 1. The van der Waals surface area contributed by atoms with Gasteiger partial charge in [0.1, 0.15) is 11.6 Å². The first-order chi connectivity index (χ1) is 11.9. The molecular formula is C18H19F2N3O2. The van der Waals surface area contributed by atoms with Crippen molar-refractivity contribution in [3.8, 4) is 0 Å². The first-order valence-corrected chi connectivity index (χ1v) is 8.17. The first-order valence-electron chi connectivity index (χ1n) is 8.17. The lowest BCUT2D eigenvalue weighted by Gasteiger charge is -2.26. The lowest BCUT2D eigenvalue weighted by Crippen LogP contribution is -2.33. The maximum absolute atomic E-state index is 14.2. The zero-order valence-electron chi connectivity index (χ0n) is 14.0. The smallest absolute Gasteiger partial charge is 0.256 e. The highest BCUT2D eigenvalue weighted by Gasteiger charge is 2.38. The number of β-amino-alcohol motifs (C(OH)–C–C–N with tert-alkyl or cyclic N) is 1. The van der Waals surface area contributed by atoms with Gasteiger partial charge >= 0.3 is 0 Å². The maximum Gasteiger partial charge on any atom is 0.256 e. The summed E-state index contributed by atoms with van der Waals surface area (Å²) in [5.41, 5.74) is 1.58. The molecule has 1 fully saturated rings. The Balaban J connectivity index is 2.01. The zero-order chi connectivity index (χ0) is 18.1. The number of nitrogens with zero attached hydrogens (tertiary/aromatic N) is 3. The van der Waals surface area contributed by atoms with Crippen LogP contribution in [0.5, 0.6) is 0 Å². The van der Waals surface area contributed by atoms with E-state index in [1.54, 1.807) is 13.0 Å². The van der Waals surface area contributed by atoms with Crippen LogP contribution in [0, 0.1) is 18.6 Å². The van der Waals surface area contributed by atoms with Gasteiger partial charge in [-0.3, -0.25) is 4.79 Å². The van der Waals surface area contributed by atoms with E-state index in [0.29, 0.717) is 23.4 Å². The van der Waals surface area contributed by atoms with Gasteiger partial charge in [0, 0.05) is 12.1 Å². The van der Waals surface area contributed by atoms with Gasteiger partial charge in [-0.25, -0.2) is 8.78 Å². The van der Waals surface area contributed by atoms with Crippen LogP contribution in [0.15, 0.2) is 24.3 Å². The second-order valence-electron chi connectivity index (χ2n) is 6.23. The molecule has 5 nitrogen and oxygen atoms in total. The molecule has 1 aromatic heterocycles. The standard InChI is InChI=1S/C18H19F2N3O2/c1-3-16-14(6-10(2)21-22-16)18(25)23-9-12(24)8-17(23)13-7-11(19)4-5-15(13)20/h4-7,12,17,24H,3,8-9H2,1-2H3/t12-,17+/m0/s1. The summed E-state index contributed by atoms with van der Waals surface area (Å²) in [6.45, 7) is 3.65. The number of likely N-dealkylation sites (tertiary alicyclic amines) is 1. The number of aliphatic hydroxyl groups is 1. The lowest BCUT2D eigenvalue weighted by atomic mass is 10.0. The number of aliphatic hydroxyl groups excluding tert-OH is 1. The second-order valence-corrected chi connectivity index (χ2v) is 6.23. The molecule has 2 aromatic rings. The lowest BCUT2D eigenvalue weighted by molar-refractivity contribution is 0.0711. The second kappa shape index (κ2) is 6.84. The molecule has 0 spiro atoms. The number of rotatable bonds is 3. The van der Waals surface area contributed by atoms with Gasteiger partial charge in [0.05, 0.1) is 29.1 Å². The molecule has 25 heavy (non-hydrogen) atoms. The van der Waals surface area contributed by atoms with Crippen LogP contribution < -0.4 is 0 Å². The van der Waals surface area contributed by atoms with Crippen LogP contribution >= 0.6 is 0 Å². The number of amides is 1. The van der Waals surface area contributed by atoms with Gasteiger partial charge in [0.15, 0.2) is 0 Å². The van der Waals surface area contributed by atoms with Crippen LogP contribution in [0.3, 0.4) is 0 Å². The number of hydrogen-bond acceptors (Lipinski definition) is 4. The van der Waals surface area contributed by atoms with E-state index in [1.165, 1.54) is 4.90 Å². The van der Waals surface area contributed by atoms with E-state index < -0.39 is 23.8 Å². The van der Waals surface area contributed by atoms with Crippen molar-refractivity contribution in [3.63, 3.8) is 0 Å². The van der Waals surface area contributed by atoms with E-state index in [9.17, 15) is 18.7 Å². The van der Waals surface area contributed by atoms with E-state index in [4.69, 9.17) is 0 Å². The van der Waals surface area contributed by atoms with Gasteiger partial charge in [0.2, 0.25) is 0 Å². The number of halogens is 2. The average molecular weight is 347 g/mol. The molecule has 2 atom stereocenters. The van der Waals surface area contributed by atoms with E-state index in [0.717, 1.165) is 18.2 Å². The molecule has 3 rings (SSSR count). The Bertz CT molecular complexity index is 813. The van der Waals surface area contributed by atoms with E-state index in [1.807, 2.05) is 6.92 Å². The van der Waals surface area contributed by atoms with Gasteiger partial charge in [-0.1, -0.05) is 6.92 Å². The number of aromatic nitrogens is 2. The normalized spacial score (nSPS) is 20.1. The minimum atomic E-state index is -0.794. The number of carbonyl (C=O) groups excluding carboxylic acids is 1. The fraction of sp³-hybridized carbons (Fsp3) is 0.389. The quantitative estimate of drug-likeness (QED) is 0.927. The van der Waals surface area contributed by atoms with Crippen LogP contribution in [0.4, 0.5) is 8.78 Å². The minimum absolute atomic E-state index is 0.0595. The van der Waals surface area contributed by atoms with Gasteiger partial charge < -0.3 is 10.0 Å². The fourth-order valence-corrected chi connectivity index (χ4v) is 3.22. The van der Waals surface area contributed by atoms with Crippen LogP contribution in [0.1, 0.15) is 46.7 Å². The van der Waals surface area contributed by atoms with Crippen LogP contribution in [0.2, 0.25) is 0 Å². The zero-order valence-corrected chi connectivity index (χ0v) is 14.0. The highest BCUT2D eigenvalue weighted by Crippen LogP contribution is 2.35. The van der Waals surface area contributed by atoms with Crippen LogP contribution in [-0.2, 0) is 6.42 Å². The monoisotopic (exact) mass is 347 g/mol. The predicted octanol–water partition coefficient (Wildman–Crippen LogP) is 2.57. The summed E-state index contributed by atoms with van der Waals surface area (Å²) in [5.74, 6) is -1.54. The van der Waals surface area contributed by atoms with Crippen LogP contribution in [-0.4, -0.2) is 38.8 Å². The highest BCUT2D eigenvalue weighted by molar-refractivity contribution is 5.95. The van der Waals surface area contributed by atoms with Crippen molar-refractivity contribution in [2.45, 2.75) is 38.8 Å². The summed E-state index contributed by atoms with van der Waals surface area (Å²) in [6, 6.07) is 4.05. The summed E-state index contributed by atoms with van der Waals surface area (Å²) < 4.78 is 27.8. The van der Waals surface area contributed by atoms with E-state index in [2.05, 4.69) is 10.2 Å². The van der Waals surface area contributed by atoms with Crippen molar-refractivity contribution in [3.05, 3.63) is 58.4 Å². The Morgan fingerprint density at radius 2 is 2.08 bits per heavy atom. The molecule has 1 aromatic carbocycles. The van der Waals surface area contributed by atoms with E-state index in [-0.39, 0.29) is 24.4 Å². The van der Waals surface area contributed by atoms with Crippen molar-refractivity contribution in [2.24, 2.45) is 0 Å². The molecule has 1 aliphatic heterocycles. The van der Waals surface area contributed by atoms with Crippen molar-refractivity contribution >= 4 is 5.91 Å². The molecule has 7 heteroatoms. The molecule has 1 N–H and O–H groups in total. The first kappa shape index (κ1) is 17.4. The predicted molar refractivity (Wildman–Crippen MR) is 86.9 cm³/mol. The molecule has 1 amide bonds. The van der Waals surface area contributed by atoms with E-state index >= 15 is 0 Å². The number of benzene rings is 1. The molecule has 0 unspecified atom stereocenters. The molecule has 1 aliphatic rings. The fourth-order valence-electron chi connectivity index (χ4n) is 3.22. The van der Waals surface area contributed by atoms with Crippen molar-refractivity contribution in [2.75, 3.05) is 6.54 Å². The summed E-state index contributed by atoms with van der Waals surface area (Å²) >= 11 is 0. The Morgan fingerprint density at radius 1 is 1.32 bits per heavy atom. The topological polar surface area (TPSA) is 66.3 Å². The Morgan fingerprint density at radius 3 is 2.80 bits per heavy atom. The largest absolute Gasteiger partial charge is 0.391 e. The maximum atomic E-state index is 14.2. The summed E-state index contributed by atoms with van der Waals surface area (Å²) in [6.07, 6.45) is -0.118. The summed E-state index contributed by atoms with van der Waals surface area (Å²) in [4.78, 5) is 14.4. The Labute approximate surface area is 144 Å². The van der Waals surface area contributed by atoms with Crippen molar-refractivity contribution in [1.29, 1.82) is 0 Å². The number of aryl methyl sites for hydroxylation is 2. The molecule has 0 radical (unpaired) electrons. The third-order valence-electron chi connectivity index (χ3n) is 4.41. The van der Waals surface area contributed by atoms with Crippen molar-refractivity contribution < 1.29 is 18.7 Å². The Kier molecular flexibility index (Phi) is 4.76.